The van der Waals surface area contributed by atoms with Crippen LogP contribution in [0.15, 0.2) is 24.4 Å². The highest BCUT2D eigenvalue weighted by atomic mass is 16.4. The van der Waals surface area contributed by atoms with Crippen molar-refractivity contribution in [1.82, 2.24) is 15.1 Å². The molecule has 0 aliphatic rings. The van der Waals surface area contributed by atoms with Crippen LogP contribution < -0.4 is 0 Å². The van der Waals surface area contributed by atoms with Crippen molar-refractivity contribution in [1.29, 1.82) is 0 Å². The number of carboxylic acid groups (broad SMARTS) is 1. The molecule has 6 nitrogen and oxygen atoms in total. The molecule has 1 heterocycles. The first-order chi connectivity index (χ1) is 9.04. The average Bonchev–Trinajstić information content (AvgIpc) is 2.85. The largest absolute Gasteiger partial charge is 0.480 e. The molecule has 0 aliphatic heterocycles. The summed E-state index contributed by atoms with van der Waals surface area (Å²) in [7, 11) is 1.50. The van der Waals surface area contributed by atoms with Gasteiger partial charge in [0.05, 0.1) is 11.7 Å². The minimum absolute atomic E-state index is 0.314. The van der Waals surface area contributed by atoms with Gasteiger partial charge >= 0.3 is 5.97 Å². The molecule has 0 saturated carbocycles. The zero-order valence-electron chi connectivity index (χ0n) is 10.8. The molecule has 2 rings (SSSR count). The number of carbonyl (C=O) groups excluding carboxylic acids is 1. The SMILES string of the molecule is CCC(C(=O)O)N(C)C(=O)c1ccc2cn[nH]c2c1. The maximum atomic E-state index is 12.2. The van der Waals surface area contributed by atoms with Gasteiger partial charge < -0.3 is 10.0 Å². The molecule has 2 aromatic rings. The number of aliphatic carboxylic acids is 1. The number of carboxylic acids is 1. The predicted octanol–water partition coefficient (Wildman–Crippen LogP) is 1.50. The van der Waals surface area contributed by atoms with Crippen LogP contribution >= 0.6 is 0 Å². The van der Waals surface area contributed by atoms with Crippen LogP contribution in [0.25, 0.3) is 10.9 Å². The summed E-state index contributed by atoms with van der Waals surface area (Å²) in [5.74, 6) is -1.31. The van der Waals surface area contributed by atoms with E-state index in [-0.39, 0.29) is 5.91 Å². The van der Waals surface area contributed by atoms with Crippen molar-refractivity contribution in [2.45, 2.75) is 19.4 Å². The van der Waals surface area contributed by atoms with Gasteiger partial charge in [-0.3, -0.25) is 9.89 Å². The normalized spacial score (nSPS) is 12.3. The van der Waals surface area contributed by atoms with Crippen LogP contribution in [0, 0.1) is 0 Å². The number of aromatic amines is 1. The Bertz CT molecular complexity index is 620. The number of amides is 1. The molecule has 1 amide bonds. The van der Waals surface area contributed by atoms with E-state index in [9.17, 15) is 9.59 Å². The van der Waals surface area contributed by atoms with Gasteiger partial charge in [-0.25, -0.2) is 4.79 Å². The van der Waals surface area contributed by atoms with E-state index in [0.29, 0.717) is 12.0 Å². The third-order valence-corrected chi connectivity index (χ3v) is 3.15. The monoisotopic (exact) mass is 261 g/mol. The minimum atomic E-state index is -0.999. The van der Waals surface area contributed by atoms with Gasteiger partial charge in [0, 0.05) is 18.0 Å². The molecule has 1 atom stereocenters. The predicted molar refractivity (Wildman–Crippen MR) is 69.9 cm³/mol. The summed E-state index contributed by atoms with van der Waals surface area (Å²) in [5, 5.41) is 16.6. The maximum Gasteiger partial charge on any atom is 0.326 e. The van der Waals surface area contributed by atoms with Crippen molar-refractivity contribution in [2.24, 2.45) is 0 Å². The van der Waals surface area contributed by atoms with E-state index in [1.807, 2.05) is 0 Å². The average molecular weight is 261 g/mol. The number of carbonyl (C=O) groups is 2. The number of nitrogens with zero attached hydrogens (tertiary/aromatic N) is 2. The van der Waals surface area contributed by atoms with E-state index < -0.39 is 12.0 Å². The highest BCUT2D eigenvalue weighted by Crippen LogP contribution is 2.15. The second-order valence-electron chi connectivity index (χ2n) is 4.35. The first-order valence-corrected chi connectivity index (χ1v) is 5.97. The van der Waals surface area contributed by atoms with E-state index in [1.54, 1.807) is 31.3 Å². The number of likely N-dealkylation sites (N-methyl/N-ethyl adjacent to an activating group) is 1. The maximum absolute atomic E-state index is 12.2. The molecular weight excluding hydrogens is 246 g/mol. The Kier molecular flexibility index (Phi) is 3.50. The first kappa shape index (κ1) is 13.1. The second-order valence-corrected chi connectivity index (χ2v) is 4.35. The van der Waals surface area contributed by atoms with Gasteiger partial charge in [0.1, 0.15) is 6.04 Å². The molecule has 100 valence electrons. The summed E-state index contributed by atoms with van der Waals surface area (Å²) in [4.78, 5) is 24.6. The quantitative estimate of drug-likeness (QED) is 0.873. The smallest absolute Gasteiger partial charge is 0.326 e. The molecule has 0 bridgehead atoms. The van der Waals surface area contributed by atoms with Gasteiger partial charge in [-0.05, 0) is 18.6 Å². The molecule has 1 aromatic heterocycles. The highest BCUT2D eigenvalue weighted by Gasteiger charge is 2.25. The number of H-pyrrole nitrogens is 1. The standard InChI is InChI=1S/C13H15N3O3/c1-3-11(13(18)19)16(2)12(17)8-4-5-9-7-14-15-10(9)6-8/h4-7,11H,3H2,1-2H3,(H,14,15)(H,18,19). The number of nitrogens with one attached hydrogen (secondary N) is 1. The van der Waals surface area contributed by atoms with Crippen molar-refractivity contribution < 1.29 is 14.7 Å². The van der Waals surface area contributed by atoms with Gasteiger partial charge in [0.15, 0.2) is 0 Å². The number of aromatic nitrogens is 2. The molecule has 0 aliphatic carbocycles. The summed E-state index contributed by atoms with van der Waals surface area (Å²) < 4.78 is 0. The van der Waals surface area contributed by atoms with Crippen molar-refractivity contribution in [2.75, 3.05) is 7.05 Å². The fourth-order valence-electron chi connectivity index (χ4n) is 2.03. The Morgan fingerprint density at radius 3 is 2.84 bits per heavy atom. The van der Waals surface area contributed by atoms with E-state index in [2.05, 4.69) is 10.2 Å². The summed E-state index contributed by atoms with van der Waals surface area (Å²) in [5.41, 5.74) is 1.20. The Labute approximate surface area is 110 Å². The molecule has 6 heteroatoms. The van der Waals surface area contributed by atoms with Crippen molar-refractivity contribution in [3.63, 3.8) is 0 Å². The molecule has 1 unspecified atom stereocenters. The van der Waals surface area contributed by atoms with Gasteiger partial charge in [-0.2, -0.15) is 5.10 Å². The van der Waals surface area contributed by atoms with Crippen molar-refractivity contribution >= 4 is 22.8 Å². The van der Waals surface area contributed by atoms with E-state index in [1.165, 1.54) is 11.9 Å². The molecule has 2 N–H and O–H groups in total. The number of rotatable bonds is 4. The fourth-order valence-corrected chi connectivity index (χ4v) is 2.03. The Hall–Kier alpha value is -2.37. The van der Waals surface area contributed by atoms with Crippen LogP contribution in [0.3, 0.4) is 0 Å². The lowest BCUT2D eigenvalue weighted by molar-refractivity contribution is -0.142. The van der Waals surface area contributed by atoms with Gasteiger partial charge in [-0.1, -0.05) is 13.0 Å². The van der Waals surface area contributed by atoms with Gasteiger partial charge in [0.2, 0.25) is 0 Å². The lowest BCUT2D eigenvalue weighted by Crippen LogP contribution is -2.41. The lowest BCUT2D eigenvalue weighted by Gasteiger charge is -2.23. The molecule has 0 spiro atoms. The van der Waals surface area contributed by atoms with E-state index >= 15 is 0 Å². The fraction of sp³-hybridized carbons (Fsp3) is 0.308. The van der Waals surface area contributed by atoms with Crippen LogP contribution in [0.1, 0.15) is 23.7 Å². The topological polar surface area (TPSA) is 86.3 Å². The molecule has 0 saturated heterocycles. The first-order valence-electron chi connectivity index (χ1n) is 5.97. The number of hydrogen-bond donors (Lipinski definition) is 2. The van der Waals surface area contributed by atoms with Crippen LogP contribution in [0.2, 0.25) is 0 Å². The van der Waals surface area contributed by atoms with Crippen LogP contribution in [-0.2, 0) is 4.79 Å². The molecule has 0 fully saturated rings. The third kappa shape index (κ3) is 2.42. The molecule has 1 aromatic carbocycles. The van der Waals surface area contributed by atoms with Crippen molar-refractivity contribution in [3.8, 4) is 0 Å². The van der Waals surface area contributed by atoms with E-state index in [0.717, 1.165) is 10.9 Å². The van der Waals surface area contributed by atoms with E-state index in [4.69, 9.17) is 5.11 Å². The molecule has 19 heavy (non-hydrogen) atoms. The lowest BCUT2D eigenvalue weighted by atomic mass is 10.1. The highest BCUT2D eigenvalue weighted by molar-refractivity contribution is 5.99. The minimum Gasteiger partial charge on any atom is -0.480 e. The Morgan fingerprint density at radius 1 is 1.47 bits per heavy atom. The Balaban J connectivity index is 2.29. The summed E-state index contributed by atoms with van der Waals surface area (Å²) in [6.07, 6.45) is 2.03. The van der Waals surface area contributed by atoms with Crippen LogP contribution in [0.4, 0.5) is 0 Å². The van der Waals surface area contributed by atoms with Crippen LogP contribution in [0.5, 0.6) is 0 Å². The van der Waals surface area contributed by atoms with Gasteiger partial charge in [-0.15, -0.1) is 0 Å². The number of hydrogen-bond acceptors (Lipinski definition) is 3. The summed E-state index contributed by atoms with van der Waals surface area (Å²) in [6.45, 7) is 1.74. The van der Waals surface area contributed by atoms with Crippen molar-refractivity contribution in [3.05, 3.63) is 30.0 Å². The number of benzene rings is 1. The third-order valence-electron chi connectivity index (χ3n) is 3.15. The molecule has 0 radical (unpaired) electrons. The van der Waals surface area contributed by atoms with Crippen LogP contribution in [-0.4, -0.2) is 45.2 Å². The summed E-state index contributed by atoms with van der Waals surface area (Å²) >= 11 is 0. The summed E-state index contributed by atoms with van der Waals surface area (Å²) in [6, 6.07) is 4.31. The van der Waals surface area contributed by atoms with Gasteiger partial charge in [0.25, 0.3) is 5.91 Å². The molecular formula is C13H15N3O3. The second kappa shape index (κ2) is 5.09. The zero-order chi connectivity index (χ0) is 14.0. The Morgan fingerprint density at radius 2 is 2.21 bits per heavy atom. The number of fused-ring (bicyclic) bond motifs is 1. The zero-order valence-corrected chi connectivity index (χ0v) is 10.8.